The first-order valence-electron chi connectivity index (χ1n) is 7.33. The third-order valence-corrected chi connectivity index (χ3v) is 4.56. The van der Waals surface area contributed by atoms with Crippen LogP contribution in [0.3, 0.4) is 0 Å². The third kappa shape index (κ3) is 4.54. The average molecular weight is 445 g/mol. The van der Waals surface area contributed by atoms with E-state index in [2.05, 4.69) is 10.5 Å². The third-order valence-electron chi connectivity index (χ3n) is 3.43. The van der Waals surface area contributed by atoms with E-state index in [4.69, 9.17) is 50.8 Å². The molecule has 10 heteroatoms. The summed E-state index contributed by atoms with van der Waals surface area (Å²) in [6.45, 7) is 0. The van der Waals surface area contributed by atoms with Crippen molar-refractivity contribution in [2.45, 2.75) is 0 Å². The Morgan fingerprint density at radius 2 is 1.70 bits per heavy atom. The highest BCUT2D eigenvalue weighted by molar-refractivity contribution is 6.41. The molecule has 6 nitrogen and oxygen atoms in total. The number of halogens is 4. The van der Waals surface area contributed by atoms with Crippen molar-refractivity contribution >= 4 is 64.0 Å². The Morgan fingerprint density at radius 1 is 1.00 bits per heavy atom. The normalized spacial score (nSPS) is 11.1. The maximum Gasteiger partial charge on any atom is 0.288 e. The highest BCUT2D eigenvalue weighted by Crippen LogP contribution is 2.34. The molecule has 0 saturated heterocycles. The van der Waals surface area contributed by atoms with Gasteiger partial charge in [0.05, 0.1) is 26.9 Å². The standard InChI is InChI=1S/C17H9Cl4N3O3/c18-10-6-13(20)17(14(21)7-10)23-22-8-11-2-4-16(27-11)9-1-3-12(19)15(5-9)24(25)26/h1-8,23H/b22-8+. The van der Waals surface area contributed by atoms with Gasteiger partial charge in [0.15, 0.2) is 0 Å². The van der Waals surface area contributed by atoms with Crippen LogP contribution in [0.5, 0.6) is 0 Å². The van der Waals surface area contributed by atoms with Crippen molar-refractivity contribution in [2.24, 2.45) is 5.10 Å². The average Bonchev–Trinajstić information content (AvgIpc) is 3.06. The molecule has 138 valence electrons. The zero-order valence-corrected chi connectivity index (χ0v) is 16.3. The number of nitro benzene ring substituents is 1. The smallest absolute Gasteiger partial charge is 0.288 e. The van der Waals surface area contributed by atoms with Gasteiger partial charge in [-0.2, -0.15) is 5.10 Å². The van der Waals surface area contributed by atoms with Gasteiger partial charge in [-0.3, -0.25) is 15.5 Å². The molecule has 1 heterocycles. The maximum atomic E-state index is 11.0. The number of hydrazone groups is 1. The summed E-state index contributed by atoms with van der Waals surface area (Å²) in [4.78, 5) is 10.4. The predicted molar refractivity (Wildman–Crippen MR) is 108 cm³/mol. The number of rotatable bonds is 5. The fraction of sp³-hybridized carbons (Fsp3) is 0. The molecule has 0 fully saturated rings. The van der Waals surface area contributed by atoms with Crippen LogP contribution < -0.4 is 5.43 Å². The lowest BCUT2D eigenvalue weighted by atomic mass is 10.1. The van der Waals surface area contributed by atoms with Crippen LogP contribution in [0.1, 0.15) is 5.76 Å². The molecule has 0 atom stereocenters. The molecule has 3 rings (SSSR count). The summed E-state index contributed by atoms with van der Waals surface area (Å²) in [6, 6.07) is 10.8. The summed E-state index contributed by atoms with van der Waals surface area (Å²) in [5.74, 6) is 0.843. The van der Waals surface area contributed by atoms with E-state index in [-0.39, 0.29) is 10.7 Å². The van der Waals surface area contributed by atoms with E-state index in [1.165, 1.54) is 30.5 Å². The van der Waals surface area contributed by atoms with Crippen LogP contribution in [0.2, 0.25) is 20.1 Å². The van der Waals surface area contributed by atoms with Crippen molar-refractivity contribution in [1.82, 2.24) is 0 Å². The summed E-state index contributed by atoms with van der Waals surface area (Å²) in [5.41, 5.74) is 3.44. The maximum absolute atomic E-state index is 11.0. The Bertz CT molecular complexity index is 1030. The van der Waals surface area contributed by atoms with Crippen LogP contribution >= 0.6 is 46.4 Å². The van der Waals surface area contributed by atoms with Gasteiger partial charge in [-0.25, -0.2) is 0 Å². The Kier molecular flexibility index (Phi) is 5.92. The Hall–Kier alpha value is -2.25. The molecule has 0 amide bonds. The predicted octanol–water partition coefficient (Wildman–Crippen LogP) is 6.91. The molecule has 2 aromatic carbocycles. The van der Waals surface area contributed by atoms with Gasteiger partial charge in [-0.15, -0.1) is 0 Å². The van der Waals surface area contributed by atoms with Gasteiger partial charge >= 0.3 is 0 Å². The largest absolute Gasteiger partial charge is 0.455 e. The molecule has 1 N–H and O–H groups in total. The molecular weight excluding hydrogens is 436 g/mol. The minimum Gasteiger partial charge on any atom is -0.455 e. The number of benzene rings is 2. The number of nitro groups is 1. The molecule has 0 spiro atoms. The first-order valence-corrected chi connectivity index (χ1v) is 8.84. The lowest BCUT2D eigenvalue weighted by molar-refractivity contribution is -0.384. The van der Waals surface area contributed by atoms with Crippen molar-refractivity contribution in [3.8, 4) is 11.3 Å². The molecule has 0 aliphatic heterocycles. The molecule has 27 heavy (non-hydrogen) atoms. The molecule has 0 saturated carbocycles. The summed E-state index contributed by atoms with van der Waals surface area (Å²) in [7, 11) is 0. The van der Waals surface area contributed by atoms with E-state index in [1.54, 1.807) is 18.2 Å². The van der Waals surface area contributed by atoms with E-state index in [1.807, 2.05) is 0 Å². The molecule has 1 aromatic heterocycles. The fourth-order valence-corrected chi connectivity index (χ4v) is 3.28. The fourth-order valence-electron chi connectivity index (χ4n) is 2.19. The summed E-state index contributed by atoms with van der Waals surface area (Å²) in [5, 5.41) is 16.1. The van der Waals surface area contributed by atoms with Crippen LogP contribution in [0.15, 0.2) is 52.0 Å². The molecule has 3 aromatic rings. The molecule has 0 aliphatic carbocycles. The zero-order chi connectivity index (χ0) is 19.6. The zero-order valence-electron chi connectivity index (χ0n) is 13.2. The van der Waals surface area contributed by atoms with Gasteiger partial charge in [0.1, 0.15) is 16.5 Å². The van der Waals surface area contributed by atoms with E-state index in [0.717, 1.165) is 0 Å². The van der Waals surface area contributed by atoms with Crippen LogP contribution in [0, 0.1) is 10.1 Å². The first kappa shape index (κ1) is 19.5. The Morgan fingerprint density at radius 3 is 2.37 bits per heavy atom. The number of nitrogens with one attached hydrogen (secondary N) is 1. The van der Waals surface area contributed by atoms with Crippen molar-refractivity contribution in [2.75, 3.05) is 5.43 Å². The second-order valence-electron chi connectivity index (χ2n) is 5.24. The Balaban J connectivity index is 1.78. The van der Waals surface area contributed by atoms with Crippen molar-refractivity contribution < 1.29 is 9.34 Å². The minimum atomic E-state index is -0.555. The van der Waals surface area contributed by atoms with Crippen LogP contribution in [0.25, 0.3) is 11.3 Å². The second-order valence-corrected chi connectivity index (χ2v) is 6.90. The van der Waals surface area contributed by atoms with Gasteiger partial charge in [-0.1, -0.05) is 46.4 Å². The highest BCUT2D eigenvalue weighted by atomic mass is 35.5. The van der Waals surface area contributed by atoms with Gasteiger partial charge in [-0.05, 0) is 36.4 Å². The van der Waals surface area contributed by atoms with Gasteiger partial charge in [0.25, 0.3) is 5.69 Å². The number of furan rings is 1. The van der Waals surface area contributed by atoms with E-state index < -0.39 is 4.92 Å². The van der Waals surface area contributed by atoms with Crippen molar-refractivity contribution in [1.29, 1.82) is 0 Å². The molecule has 0 unspecified atom stereocenters. The second kappa shape index (κ2) is 8.19. The number of hydrogen-bond donors (Lipinski definition) is 1. The Labute approximate surface area is 173 Å². The van der Waals surface area contributed by atoms with Gasteiger partial charge in [0, 0.05) is 16.7 Å². The van der Waals surface area contributed by atoms with Gasteiger partial charge < -0.3 is 4.42 Å². The molecule has 0 bridgehead atoms. The molecular formula is C17H9Cl4N3O3. The van der Waals surface area contributed by atoms with Crippen LogP contribution in [0.4, 0.5) is 11.4 Å². The van der Waals surface area contributed by atoms with Crippen molar-refractivity contribution in [3.63, 3.8) is 0 Å². The minimum absolute atomic E-state index is 0.0537. The number of hydrogen-bond acceptors (Lipinski definition) is 5. The SMILES string of the molecule is O=[N+]([O-])c1cc(-c2ccc(/C=N/Nc3c(Cl)cc(Cl)cc3Cl)o2)ccc1Cl. The van der Waals surface area contributed by atoms with E-state index in [0.29, 0.717) is 37.8 Å². The first-order chi connectivity index (χ1) is 12.8. The number of nitrogens with zero attached hydrogens (tertiary/aromatic N) is 2. The van der Waals surface area contributed by atoms with Crippen LogP contribution in [-0.2, 0) is 0 Å². The van der Waals surface area contributed by atoms with E-state index in [9.17, 15) is 10.1 Å². The highest BCUT2D eigenvalue weighted by Gasteiger charge is 2.15. The van der Waals surface area contributed by atoms with E-state index >= 15 is 0 Å². The monoisotopic (exact) mass is 443 g/mol. The lowest BCUT2D eigenvalue weighted by Crippen LogP contribution is -1.92. The van der Waals surface area contributed by atoms with Crippen LogP contribution in [-0.4, -0.2) is 11.1 Å². The topological polar surface area (TPSA) is 80.7 Å². The summed E-state index contributed by atoms with van der Waals surface area (Å²) in [6.07, 6.45) is 1.41. The number of anilines is 1. The quantitative estimate of drug-likeness (QED) is 0.263. The lowest BCUT2D eigenvalue weighted by Gasteiger charge is -2.06. The molecule has 0 aliphatic rings. The van der Waals surface area contributed by atoms with Crippen molar-refractivity contribution in [3.05, 3.63) is 78.4 Å². The summed E-state index contributed by atoms with van der Waals surface area (Å²) < 4.78 is 5.62. The molecule has 0 radical (unpaired) electrons. The summed E-state index contributed by atoms with van der Waals surface area (Å²) >= 11 is 23.8. The van der Waals surface area contributed by atoms with Gasteiger partial charge in [0.2, 0.25) is 0 Å².